The molecule has 23 heavy (non-hydrogen) atoms. The third-order valence-corrected chi connectivity index (χ3v) is 6.03. The predicted molar refractivity (Wildman–Crippen MR) is 75.2 cm³/mol. The second-order valence-corrected chi connectivity index (χ2v) is 7.97. The van der Waals surface area contributed by atoms with Crippen molar-refractivity contribution < 1.29 is 33.2 Å². The Balaban J connectivity index is 1.95. The van der Waals surface area contributed by atoms with Gasteiger partial charge < -0.3 is 0 Å². The molecule has 1 aliphatic heterocycles. The van der Waals surface area contributed by atoms with E-state index in [0.717, 1.165) is 11.1 Å². The molecule has 3 rings (SSSR count). The van der Waals surface area contributed by atoms with Crippen molar-refractivity contribution in [3.63, 3.8) is 0 Å². The van der Waals surface area contributed by atoms with Gasteiger partial charge in [0.15, 0.2) is 0 Å². The van der Waals surface area contributed by atoms with E-state index in [-0.39, 0.29) is 0 Å². The van der Waals surface area contributed by atoms with Crippen molar-refractivity contribution in [3.05, 3.63) is 76.3 Å². The minimum atomic E-state index is -4.63. The van der Waals surface area contributed by atoms with Crippen LogP contribution in [-0.2, 0) is 13.7 Å². The van der Waals surface area contributed by atoms with E-state index < -0.39 is 29.9 Å². The molecule has 2 aromatic rings. The Labute approximate surface area is 142 Å². The maximum atomic E-state index is 11.2. The Morgan fingerprint density at radius 2 is 1.65 bits per heavy atom. The quantitative estimate of drug-likeness (QED) is 0.662. The van der Waals surface area contributed by atoms with Crippen LogP contribution in [0.15, 0.2) is 59.6 Å². The van der Waals surface area contributed by atoms with E-state index in [1.54, 1.807) is 17.1 Å². The van der Waals surface area contributed by atoms with Gasteiger partial charge in [0.05, 0.1) is 0 Å². The van der Waals surface area contributed by atoms with E-state index in [1.807, 2.05) is 49.4 Å². The van der Waals surface area contributed by atoms with Gasteiger partial charge in [-0.1, -0.05) is 0 Å². The van der Waals surface area contributed by atoms with Crippen molar-refractivity contribution in [2.75, 3.05) is 0 Å². The Hall–Kier alpha value is -1.37. The SMILES string of the molecule is Cc1ccc(C2(O[Cl+3]([O-])([O-])[O-])OC(c3ccccc3)=C[Se]2)cc1. The van der Waals surface area contributed by atoms with Crippen LogP contribution >= 0.6 is 0 Å². The summed E-state index contributed by atoms with van der Waals surface area (Å²) in [6.07, 6.45) is 0. The van der Waals surface area contributed by atoms with Crippen LogP contribution < -0.4 is 14.0 Å². The summed E-state index contributed by atoms with van der Waals surface area (Å²) in [5.74, 6) is 0.505. The van der Waals surface area contributed by atoms with E-state index >= 15 is 0 Å². The molecule has 5 nitrogen and oxygen atoms in total. The second kappa shape index (κ2) is 6.26. The van der Waals surface area contributed by atoms with Gasteiger partial charge in [0.2, 0.25) is 0 Å². The monoisotopic (exact) mass is 400 g/mol. The van der Waals surface area contributed by atoms with Crippen LogP contribution in [0, 0.1) is 17.2 Å². The van der Waals surface area contributed by atoms with E-state index in [2.05, 4.69) is 0 Å². The molecule has 0 fully saturated rings. The summed E-state index contributed by atoms with van der Waals surface area (Å²) in [6, 6.07) is 16.3. The number of rotatable bonds is 4. The molecule has 2 aromatic carbocycles. The van der Waals surface area contributed by atoms with Crippen LogP contribution in [0.2, 0.25) is 0 Å². The van der Waals surface area contributed by atoms with E-state index in [4.69, 9.17) is 9.03 Å². The molecule has 0 N–H and O–H groups in total. The third kappa shape index (κ3) is 3.76. The Bertz CT molecular complexity index is 712. The molecule has 0 saturated carbocycles. The van der Waals surface area contributed by atoms with Crippen molar-refractivity contribution in [2.45, 2.75) is 11.6 Å². The molecule has 0 amide bonds. The van der Waals surface area contributed by atoms with Gasteiger partial charge in [-0.05, 0) is 0 Å². The van der Waals surface area contributed by atoms with Crippen LogP contribution in [0.4, 0.5) is 0 Å². The first-order valence-electron chi connectivity index (χ1n) is 6.69. The molecule has 0 spiro atoms. The molecule has 0 aliphatic carbocycles. The predicted octanol–water partition coefficient (Wildman–Crippen LogP) is -0.248. The molecule has 0 saturated heterocycles. The molecule has 0 bridgehead atoms. The fourth-order valence-electron chi connectivity index (χ4n) is 2.14. The van der Waals surface area contributed by atoms with Gasteiger partial charge in [0, 0.05) is 0 Å². The van der Waals surface area contributed by atoms with Crippen LogP contribution in [-0.4, -0.2) is 15.0 Å². The first-order valence-corrected chi connectivity index (χ1v) is 9.77. The first kappa shape index (κ1) is 16.5. The van der Waals surface area contributed by atoms with Gasteiger partial charge in [-0.2, -0.15) is 0 Å². The molecule has 7 heteroatoms. The van der Waals surface area contributed by atoms with Gasteiger partial charge in [-0.15, -0.1) is 0 Å². The van der Waals surface area contributed by atoms with Crippen LogP contribution in [0.1, 0.15) is 16.7 Å². The summed E-state index contributed by atoms with van der Waals surface area (Å²) in [5.41, 5.74) is 2.30. The number of benzene rings is 2. The van der Waals surface area contributed by atoms with Crippen LogP contribution in [0.25, 0.3) is 5.76 Å². The molecule has 1 aliphatic rings. The van der Waals surface area contributed by atoms with Gasteiger partial charge in [0.25, 0.3) is 0 Å². The van der Waals surface area contributed by atoms with Crippen molar-refractivity contribution in [2.24, 2.45) is 0 Å². The molecule has 1 heterocycles. The number of ether oxygens (including phenoxy) is 1. The summed E-state index contributed by atoms with van der Waals surface area (Å²) in [5, 5.41) is 0. The number of hydrogen-bond donors (Lipinski definition) is 0. The molecule has 1 unspecified atom stereocenters. The molecule has 0 radical (unpaired) electrons. The fraction of sp³-hybridized carbons (Fsp3) is 0.125. The number of aryl methyl sites for hydroxylation is 1. The molecular formula is C16H13ClO5Se. The normalized spacial score (nSPS) is 21.0. The molecule has 1 atom stereocenters. The molecule has 0 aromatic heterocycles. The van der Waals surface area contributed by atoms with Gasteiger partial charge >= 0.3 is 142 Å². The van der Waals surface area contributed by atoms with Crippen molar-refractivity contribution >= 4 is 20.7 Å². The minimum absolute atomic E-state index is 0.497. The molecule has 120 valence electrons. The summed E-state index contributed by atoms with van der Waals surface area (Å²) < 4.78 is 42.6. The Morgan fingerprint density at radius 1 is 1.00 bits per heavy atom. The zero-order valence-electron chi connectivity index (χ0n) is 12.1. The fourth-order valence-corrected chi connectivity index (χ4v) is 5.06. The van der Waals surface area contributed by atoms with Gasteiger partial charge in [0.1, 0.15) is 0 Å². The summed E-state index contributed by atoms with van der Waals surface area (Å²) in [7, 11) is -4.63. The number of halogens is 1. The average Bonchev–Trinajstić information content (AvgIpc) is 2.92. The van der Waals surface area contributed by atoms with Crippen LogP contribution in [0.5, 0.6) is 0 Å². The zero-order chi connectivity index (χ0) is 16.5. The van der Waals surface area contributed by atoms with Gasteiger partial charge in [-0.3, -0.25) is 0 Å². The third-order valence-electron chi connectivity index (χ3n) is 3.22. The number of hydrogen-bond acceptors (Lipinski definition) is 5. The second-order valence-electron chi connectivity index (χ2n) is 4.95. The molecular weight excluding hydrogens is 387 g/mol. The summed E-state index contributed by atoms with van der Waals surface area (Å²) in [4.78, 5) is 1.78. The van der Waals surface area contributed by atoms with Crippen molar-refractivity contribution in [1.82, 2.24) is 0 Å². The van der Waals surface area contributed by atoms with Crippen molar-refractivity contribution in [1.29, 1.82) is 0 Å². The zero-order valence-corrected chi connectivity index (χ0v) is 14.6. The summed E-state index contributed by atoms with van der Waals surface area (Å²) in [6.45, 7) is 1.91. The van der Waals surface area contributed by atoms with Crippen molar-refractivity contribution in [3.8, 4) is 0 Å². The Kier molecular flexibility index (Phi) is 4.49. The van der Waals surface area contributed by atoms with E-state index in [9.17, 15) is 14.0 Å². The first-order chi connectivity index (χ1) is 10.9. The standard InChI is InChI=1S/C16H13ClO5Se/c1-12-7-9-14(10-8-12)16(22-17(18,19)20)21-15(11-23-16)13-5-3-2-4-6-13/h2-11H,1H3. The van der Waals surface area contributed by atoms with E-state index in [1.165, 1.54) is 0 Å². The Morgan fingerprint density at radius 3 is 2.26 bits per heavy atom. The summed E-state index contributed by atoms with van der Waals surface area (Å²) >= 11 is -0.530. The average molecular weight is 400 g/mol. The maximum absolute atomic E-state index is 11.2. The van der Waals surface area contributed by atoms with Gasteiger partial charge in [-0.25, -0.2) is 0 Å². The topological polar surface area (TPSA) is 87.6 Å². The van der Waals surface area contributed by atoms with Crippen LogP contribution in [0.3, 0.4) is 0 Å². The van der Waals surface area contributed by atoms with E-state index in [0.29, 0.717) is 11.3 Å².